The third-order valence-electron chi connectivity index (χ3n) is 5.94. The fourth-order valence-corrected chi connectivity index (χ4v) is 5.61. The van der Waals surface area contributed by atoms with Crippen LogP contribution in [0.25, 0.3) is 0 Å². The second-order valence-electron chi connectivity index (χ2n) is 9.18. The van der Waals surface area contributed by atoms with Crippen molar-refractivity contribution in [2.45, 2.75) is 46.5 Å². The van der Waals surface area contributed by atoms with Gasteiger partial charge in [-0.1, -0.05) is 20.4 Å². The molecule has 0 spiro atoms. The second-order valence-corrected chi connectivity index (χ2v) is 10.1. The van der Waals surface area contributed by atoms with Crippen LogP contribution in [0.5, 0.6) is 0 Å². The third kappa shape index (κ3) is 3.72. The molecule has 2 atom stereocenters. The number of ketones is 1. The number of H-pyrrole nitrogens is 1. The van der Waals surface area contributed by atoms with Gasteiger partial charge in [0.05, 0.1) is 6.20 Å². The summed E-state index contributed by atoms with van der Waals surface area (Å²) in [5.74, 6) is -0.312. The smallest absolute Gasteiger partial charge is 0.317 e. The maximum atomic E-state index is 13.4. The first-order valence-electron chi connectivity index (χ1n) is 10.2. The van der Waals surface area contributed by atoms with Gasteiger partial charge in [-0.15, -0.1) is 11.3 Å². The first-order valence-corrected chi connectivity index (χ1v) is 11.1. The fourth-order valence-electron chi connectivity index (χ4n) is 4.53. The van der Waals surface area contributed by atoms with Gasteiger partial charge in [0.1, 0.15) is 5.92 Å². The first-order chi connectivity index (χ1) is 14.2. The molecule has 4 rings (SSSR count). The first kappa shape index (κ1) is 20.5. The van der Waals surface area contributed by atoms with E-state index in [0.717, 1.165) is 33.7 Å². The zero-order chi connectivity index (χ0) is 21.6. The number of amides is 1. The summed E-state index contributed by atoms with van der Waals surface area (Å²) in [5.41, 5.74) is 4.38. The largest absolute Gasteiger partial charge is 0.362 e. The van der Waals surface area contributed by atoms with Crippen LogP contribution in [0.3, 0.4) is 0 Å². The Morgan fingerprint density at radius 1 is 1.27 bits per heavy atom. The monoisotopic (exact) mass is 422 g/mol. The van der Waals surface area contributed by atoms with Crippen LogP contribution in [0.4, 0.5) is 5.82 Å². The molecule has 1 aliphatic heterocycles. The third-order valence-corrected chi connectivity index (χ3v) is 7.05. The number of hydrogen-bond donors (Lipinski definition) is 2. The summed E-state index contributed by atoms with van der Waals surface area (Å²) in [4.78, 5) is 30.9. The number of allylic oxidation sites excluding steroid dienone is 2. The topological polar surface area (TPSA) is 72.3 Å². The number of anilines is 1. The molecule has 3 heterocycles. The number of pyridine rings is 1. The van der Waals surface area contributed by atoms with Gasteiger partial charge in [-0.3, -0.25) is 4.79 Å². The normalized spacial score (nSPS) is 23.1. The molecule has 0 radical (unpaired) electrons. The molecule has 1 amide bonds. The van der Waals surface area contributed by atoms with Crippen LogP contribution in [-0.2, 0) is 9.59 Å². The summed E-state index contributed by atoms with van der Waals surface area (Å²) in [6.45, 7) is 12.4. The lowest BCUT2D eigenvalue weighted by Crippen LogP contribution is -2.45. The van der Waals surface area contributed by atoms with E-state index in [1.807, 2.05) is 43.6 Å². The highest BCUT2D eigenvalue weighted by Gasteiger charge is 2.48. The Morgan fingerprint density at radius 2 is 2.03 bits per heavy atom. The van der Waals surface area contributed by atoms with Crippen LogP contribution >= 0.6 is 11.3 Å². The zero-order valence-electron chi connectivity index (χ0n) is 17.9. The Labute approximate surface area is 181 Å². The van der Waals surface area contributed by atoms with Gasteiger partial charge in [0.15, 0.2) is 5.78 Å². The van der Waals surface area contributed by atoms with Crippen LogP contribution in [0.15, 0.2) is 53.3 Å². The van der Waals surface area contributed by atoms with E-state index in [0.29, 0.717) is 17.9 Å². The lowest BCUT2D eigenvalue weighted by Gasteiger charge is -2.41. The van der Waals surface area contributed by atoms with Crippen LogP contribution in [0, 0.1) is 25.2 Å². The minimum absolute atomic E-state index is 0.107. The second kappa shape index (κ2) is 7.51. The molecule has 1 aliphatic carbocycles. The summed E-state index contributed by atoms with van der Waals surface area (Å²) in [7, 11) is 0. The number of aryl methyl sites for hydroxylation is 2. The van der Waals surface area contributed by atoms with Crippen molar-refractivity contribution in [2.24, 2.45) is 11.3 Å². The van der Waals surface area contributed by atoms with Gasteiger partial charge in [0.2, 0.25) is 0 Å². The molecule has 6 heteroatoms. The van der Waals surface area contributed by atoms with Gasteiger partial charge in [0, 0.05) is 40.2 Å². The Morgan fingerprint density at radius 3 is 2.67 bits per heavy atom. The van der Waals surface area contributed by atoms with E-state index < -0.39 is 5.92 Å². The van der Waals surface area contributed by atoms with E-state index in [1.165, 1.54) is 0 Å². The van der Waals surface area contributed by atoms with E-state index in [9.17, 15) is 9.59 Å². The molecular weight excluding hydrogens is 394 g/mol. The summed E-state index contributed by atoms with van der Waals surface area (Å²) < 4.78 is 0. The summed E-state index contributed by atoms with van der Waals surface area (Å²) in [5, 5.41) is 8.35. The van der Waals surface area contributed by atoms with Crippen molar-refractivity contribution in [3.05, 3.63) is 69.3 Å². The van der Waals surface area contributed by atoms with Gasteiger partial charge < -0.3 is 5.32 Å². The standard InChI is InChI=1S/C24H27N3O2S/c1-13-6-7-18(25-12-13)27-23(29)19-15(3)26-16-10-24(4,5)11-17(28)20(16)21(19)22-14(2)8-9-30-22/h6-9,12,19,21,26H,3,10-11H2,1-2,4-5H3,(H,25,27,29)/p+1. The number of rotatable bonds is 3. The Balaban J connectivity index is 1.77. The van der Waals surface area contributed by atoms with Crippen LogP contribution in [-0.4, -0.2) is 11.7 Å². The molecule has 2 unspecified atom stereocenters. The van der Waals surface area contributed by atoms with Crippen molar-refractivity contribution < 1.29 is 14.6 Å². The number of aromatic amines is 1. The Bertz CT molecular complexity index is 1060. The highest BCUT2D eigenvalue weighted by Crippen LogP contribution is 2.49. The minimum Gasteiger partial charge on any atom is -0.362 e. The SMILES string of the molecule is C=C1NC2=C(C(=O)CC(C)(C)C2)C(c2sccc2C)C1C(=O)Nc1ccc(C)c[nH+]1. The lowest BCUT2D eigenvalue weighted by molar-refractivity contribution is -0.361. The average Bonchev–Trinajstić information content (AvgIpc) is 3.07. The highest BCUT2D eigenvalue weighted by molar-refractivity contribution is 7.10. The molecule has 30 heavy (non-hydrogen) atoms. The predicted octanol–water partition coefficient (Wildman–Crippen LogP) is 4.28. The average molecular weight is 423 g/mol. The van der Waals surface area contributed by atoms with E-state index >= 15 is 0 Å². The molecular formula is C24H28N3O2S+. The maximum Gasteiger partial charge on any atom is 0.317 e. The Hall–Kier alpha value is -2.73. The molecule has 0 fully saturated rings. The lowest BCUT2D eigenvalue weighted by atomic mass is 9.67. The fraction of sp³-hybridized carbons (Fsp3) is 0.375. The number of carbonyl (C=O) groups excluding carboxylic acids is 2. The molecule has 0 aromatic carbocycles. The van der Waals surface area contributed by atoms with Crippen LogP contribution in [0.1, 0.15) is 48.6 Å². The van der Waals surface area contributed by atoms with Gasteiger partial charge in [-0.25, -0.2) is 15.1 Å². The van der Waals surface area contributed by atoms with Gasteiger partial charge >= 0.3 is 5.91 Å². The number of hydrogen-bond acceptors (Lipinski definition) is 4. The minimum atomic E-state index is -0.569. The van der Waals surface area contributed by atoms with Crippen molar-refractivity contribution in [1.29, 1.82) is 0 Å². The van der Waals surface area contributed by atoms with Crippen molar-refractivity contribution in [3.8, 4) is 0 Å². The van der Waals surface area contributed by atoms with Crippen molar-refractivity contribution in [2.75, 3.05) is 5.32 Å². The molecule has 3 N–H and O–H groups in total. The van der Waals surface area contributed by atoms with E-state index in [2.05, 4.69) is 36.0 Å². The summed E-state index contributed by atoms with van der Waals surface area (Å²) in [6.07, 6.45) is 3.10. The van der Waals surface area contributed by atoms with Gasteiger partial charge in [0.25, 0.3) is 5.82 Å². The number of carbonyl (C=O) groups is 2. The molecule has 2 aliphatic rings. The van der Waals surface area contributed by atoms with Gasteiger partial charge in [-0.2, -0.15) is 0 Å². The maximum absolute atomic E-state index is 13.4. The number of nitrogens with one attached hydrogen (secondary N) is 3. The number of Topliss-reactive ketones (excluding diaryl/α,β-unsaturated/α-hetero) is 1. The number of thiophene rings is 1. The molecule has 0 saturated carbocycles. The molecule has 2 aromatic rings. The predicted molar refractivity (Wildman–Crippen MR) is 119 cm³/mol. The highest BCUT2D eigenvalue weighted by atomic mass is 32.1. The van der Waals surface area contributed by atoms with Gasteiger partial charge in [-0.05, 0) is 54.3 Å². The zero-order valence-corrected chi connectivity index (χ0v) is 18.7. The molecule has 5 nitrogen and oxygen atoms in total. The molecule has 0 bridgehead atoms. The summed E-state index contributed by atoms with van der Waals surface area (Å²) >= 11 is 1.60. The molecule has 0 saturated heterocycles. The number of aromatic nitrogens is 1. The van der Waals surface area contributed by atoms with Crippen molar-refractivity contribution in [1.82, 2.24) is 5.32 Å². The molecule has 156 valence electrons. The van der Waals surface area contributed by atoms with Crippen LogP contribution in [0.2, 0.25) is 0 Å². The van der Waals surface area contributed by atoms with E-state index in [-0.39, 0.29) is 23.0 Å². The summed E-state index contributed by atoms with van der Waals surface area (Å²) in [6, 6.07) is 5.83. The van der Waals surface area contributed by atoms with Crippen LogP contribution < -0.4 is 15.6 Å². The quantitative estimate of drug-likeness (QED) is 0.776. The Kier molecular flexibility index (Phi) is 5.14. The van der Waals surface area contributed by atoms with Crippen molar-refractivity contribution >= 4 is 28.8 Å². The van der Waals surface area contributed by atoms with E-state index in [1.54, 1.807) is 11.3 Å². The van der Waals surface area contributed by atoms with Crippen molar-refractivity contribution in [3.63, 3.8) is 0 Å². The van der Waals surface area contributed by atoms with E-state index in [4.69, 9.17) is 0 Å². The molecule has 2 aromatic heterocycles.